The standard InChI is InChI=1S/2C21H21FN4O/c22-17-3-4-18(23)16(12-17)13-20(27)15-1-5-19-14(11-15)2-6-21(25-19)26-9-7-24-8-10-26;22-17-2-4-19(23)15(10-17)11-21(27)16-9-14-1-3-18(12-20(14)25-13-16)26-7-5-24-6-8-26/h1-6,11-12,24H,7-10,13,23H2;1-4,9-10,12-13,24H,5-8,11,23H2. The molecule has 2 fully saturated rings. The molecule has 4 aromatic carbocycles. The number of halogens is 2. The van der Waals surface area contributed by atoms with Gasteiger partial charge in [0.25, 0.3) is 0 Å². The van der Waals surface area contributed by atoms with Gasteiger partial charge in [-0.2, -0.15) is 0 Å². The Balaban J connectivity index is 0.000000167. The van der Waals surface area contributed by atoms with E-state index >= 15 is 0 Å². The number of carbonyl (C=O) groups excluding carboxylic acids is 2. The number of rotatable bonds is 8. The van der Waals surface area contributed by atoms with Crippen molar-refractivity contribution in [2.45, 2.75) is 12.8 Å². The number of fused-ring (bicyclic) bond motifs is 2. The summed E-state index contributed by atoms with van der Waals surface area (Å²) < 4.78 is 26.8. The van der Waals surface area contributed by atoms with Gasteiger partial charge in [0.2, 0.25) is 0 Å². The van der Waals surface area contributed by atoms with Crippen molar-refractivity contribution in [3.63, 3.8) is 0 Å². The Bertz CT molecular complexity index is 2160. The van der Waals surface area contributed by atoms with Crippen LogP contribution in [-0.2, 0) is 12.8 Å². The number of aromatic nitrogens is 2. The molecule has 2 saturated heterocycles. The van der Waals surface area contributed by atoms with Crippen molar-refractivity contribution < 1.29 is 18.4 Å². The Kier molecular flexibility index (Phi) is 11.0. The molecule has 0 saturated carbocycles. The normalized spacial score (nSPS) is 14.5. The molecule has 8 rings (SSSR count). The number of ketones is 2. The molecule has 2 aliphatic rings. The number of hydrogen-bond acceptors (Lipinski definition) is 10. The molecule has 2 aliphatic heterocycles. The number of benzene rings is 4. The van der Waals surface area contributed by atoms with Gasteiger partial charge in [-0.05, 0) is 96.1 Å². The number of piperazine rings is 2. The summed E-state index contributed by atoms with van der Waals surface area (Å²) in [5, 5.41) is 8.49. The van der Waals surface area contributed by atoms with Crippen LogP contribution >= 0.6 is 0 Å². The van der Waals surface area contributed by atoms with Crippen molar-refractivity contribution in [1.82, 2.24) is 20.6 Å². The smallest absolute Gasteiger partial charge is 0.168 e. The van der Waals surface area contributed by atoms with Gasteiger partial charge in [0.15, 0.2) is 11.6 Å². The Morgan fingerprint density at radius 1 is 0.611 bits per heavy atom. The van der Waals surface area contributed by atoms with Gasteiger partial charge in [-0.15, -0.1) is 0 Å². The van der Waals surface area contributed by atoms with Crippen molar-refractivity contribution in [3.05, 3.63) is 131 Å². The molecule has 10 nitrogen and oxygen atoms in total. The van der Waals surface area contributed by atoms with Crippen LogP contribution in [0.15, 0.2) is 97.2 Å². The van der Waals surface area contributed by atoms with Gasteiger partial charge in [-0.25, -0.2) is 13.8 Å². The van der Waals surface area contributed by atoms with E-state index in [2.05, 4.69) is 37.6 Å². The molecule has 12 heteroatoms. The molecule has 0 radical (unpaired) electrons. The highest BCUT2D eigenvalue weighted by Gasteiger charge is 2.16. The molecule has 276 valence electrons. The van der Waals surface area contributed by atoms with Crippen molar-refractivity contribution in [3.8, 4) is 0 Å². The van der Waals surface area contributed by atoms with E-state index in [1.54, 1.807) is 12.3 Å². The lowest BCUT2D eigenvalue weighted by atomic mass is 10.00. The van der Waals surface area contributed by atoms with Crippen LogP contribution in [0.2, 0.25) is 0 Å². The zero-order valence-corrected chi connectivity index (χ0v) is 29.8. The first kappa shape index (κ1) is 36.4. The number of nitrogen functional groups attached to an aromatic ring is 2. The van der Waals surface area contributed by atoms with Crippen LogP contribution in [0.25, 0.3) is 21.8 Å². The van der Waals surface area contributed by atoms with E-state index in [9.17, 15) is 18.4 Å². The van der Waals surface area contributed by atoms with Gasteiger partial charge in [0.05, 0.1) is 11.0 Å². The SMILES string of the molecule is Nc1ccc(F)cc1CC(=O)c1ccc2nc(N3CCNCC3)ccc2c1.Nc1ccc(F)cc1CC(=O)c1cnc2cc(N3CCNCC3)ccc2c1. The fourth-order valence-electron chi connectivity index (χ4n) is 6.75. The number of pyridine rings is 2. The minimum absolute atomic E-state index is 0.0512. The van der Waals surface area contributed by atoms with Crippen LogP contribution in [-0.4, -0.2) is 73.9 Å². The van der Waals surface area contributed by atoms with Gasteiger partial charge < -0.3 is 31.9 Å². The Hall–Kier alpha value is -5.98. The predicted molar refractivity (Wildman–Crippen MR) is 211 cm³/mol. The summed E-state index contributed by atoms with van der Waals surface area (Å²) in [5.41, 5.74) is 17.5. The molecule has 0 spiro atoms. The number of anilines is 4. The molecule has 6 N–H and O–H groups in total. The third-order valence-electron chi connectivity index (χ3n) is 9.82. The van der Waals surface area contributed by atoms with Gasteiger partial charge in [-0.1, -0.05) is 6.07 Å². The third kappa shape index (κ3) is 8.62. The average Bonchev–Trinajstić information content (AvgIpc) is 3.20. The maximum absolute atomic E-state index is 13.4. The van der Waals surface area contributed by atoms with Gasteiger partial charge in [0.1, 0.15) is 17.5 Å². The van der Waals surface area contributed by atoms with E-state index < -0.39 is 11.6 Å². The Morgan fingerprint density at radius 2 is 1.17 bits per heavy atom. The first-order valence-corrected chi connectivity index (χ1v) is 18.1. The summed E-state index contributed by atoms with van der Waals surface area (Å²) in [6, 6.07) is 25.6. The molecule has 0 unspecified atom stereocenters. The Labute approximate surface area is 312 Å². The topological polar surface area (TPSA) is 142 Å². The lowest BCUT2D eigenvalue weighted by Crippen LogP contribution is -2.43. The van der Waals surface area contributed by atoms with Crippen LogP contribution < -0.4 is 31.9 Å². The largest absolute Gasteiger partial charge is 0.398 e. The lowest BCUT2D eigenvalue weighted by molar-refractivity contribution is 0.0985. The molecule has 54 heavy (non-hydrogen) atoms. The maximum Gasteiger partial charge on any atom is 0.168 e. The van der Waals surface area contributed by atoms with Crippen molar-refractivity contribution in [1.29, 1.82) is 0 Å². The number of nitrogens with one attached hydrogen (secondary N) is 2. The van der Waals surface area contributed by atoms with E-state index in [4.69, 9.17) is 16.5 Å². The quantitative estimate of drug-likeness (QED) is 0.116. The van der Waals surface area contributed by atoms with Crippen molar-refractivity contribution in [2.24, 2.45) is 0 Å². The third-order valence-corrected chi connectivity index (χ3v) is 9.82. The van der Waals surface area contributed by atoms with Crippen molar-refractivity contribution in [2.75, 3.05) is 73.6 Å². The monoisotopic (exact) mass is 728 g/mol. The molecule has 2 aromatic heterocycles. The van der Waals surface area contributed by atoms with E-state index in [0.29, 0.717) is 33.6 Å². The molecule has 0 amide bonds. The molecular weight excluding hydrogens is 687 g/mol. The van der Waals surface area contributed by atoms with E-state index in [0.717, 1.165) is 85.7 Å². The molecule has 0 atom stereocenters. The second kappa shape index (κ2) is 16.4. The Morgan fingerprint density at radius 3 is 1.81 bits per heavy atom. The molecule has 6 aromatic rings. The van der Waals surface area contributed by atoms with Gasteiger partial charge in [0, 0.05) is 110 Å². The van der Waals surface area contributed by atoms with Crippen LogP contribution in [0.3, 0.4) is 0 Å². The number of carbonyl (C=O) groups is 2. The fourth-order valence-corrected chi connectivity index (χ4v) is 6.75. The minimum atomic E-state index is -0.399. The summed E-state index contributed by atoms with van der Waals surface area (Å²) in [5.74, 6) is -0.0666. The second-order valence-electron chi connectivity index (χ2n) is 13.5. The van der Waals surface area contributed by atoms with E-state index in [1.165, 1.54) is 36.4 Å². The van der Waals surface area contributed by atoms with Crippen LogP contribution in [0, 0.1) is 11.6 Å². The number of nitrogens with two attached hydrogens (primary N) is 2. The van der Waals surface area contributed by atoms with E-state index in [-0.39, 0.29) is 24.4 Å². The highest BCUT2D eigenvalue weighted by Crippen LogP contribution is 2.25. The summed E-state index contributed by atoms with van der Waals surface area (Å²) >= 11 is 0. The molecule has 0 bridgehead atoms. The number of Topliss-reactive ketones (excluding diaryl/α,β-unsaturated/α-hetero) is 2. The average molecular weight is 729 g/mol. The lowest BCUT2D eigenvalue weighted by Gasteiger charge is -2.29. The number of hydrogen-bond donors (Lipinski definition) is 4. The summed E-state index contributed by atoms with van der Waals surface area (Å²) in [7, 11) is 0. The summed E-state index contributed by atoms with van der Waals surface area (Å²) in [6.07, 6.45) is 1.71. The fraction of sp³-hybridized carbons (Fsp3) is 0.238. The highest BCUT2D eigenvalue weighted by atomic mass is 19.1. The zero-order valence-electron chi connectivity index (χ0n) is 29.8. The van der Waals surface area contributed by atoms with Gasteiger partial charge in [-0.3, -0.25) is 14.6 Å². The number of nitrogens with zero attached hydrogens (tertiary/aromatic N) is 4. The first-order chi connectivity index (χ1) is 26.2. The molecule has 4 heterocycles. The first-order valence-electron chi connectivity index (χ1n) is 18.1. The van der Waals surface area contributed by atoms with Crippen molar-refractivity contribution >= 4 is 56.3 Å². The van der Waals surface area contributed by atoms with Crippen LogP contribution in [0.5, 0.6) is 0 Å². The predicted octanol–water partition coefficient (Wildman–Crippen LogP) is 5.58. The second-order valence-corrected chi connectivity index (χ2v) is 13.5. The van der Waals surface area contributed by atoms with E-state index in [1.807, 2.05) is 36.4 Å². The van der Waals surface area contributed by atoms with Gasteiger partial charge >= 0.3 is 0 Å². The molecular formula is C42H42F2N8O2. The molecule has 0 aliphatic carbocycles. The summed E-state index contributed by atoms with van der Waals surface area (Å²) in [6.45, 7) is 7.67. The van der Waals surface area contributed by atoms with Crippen LogP contribution in [0.4, 0.5) is 31.7 Å². The maximum atomic E-state index is 13.4. The summed E-state index contributed by atoms with van der Waals surface area (Å²) in [4.78, 5) is 39.0. The minimum Gasteiger partial charge on any atom is -0.398 e. The van der Waals surface area contributed by atoms with Crippen LogP contribution in [0.1, 0.15) is 31.8 Å². The highest BCUT2D eigenvalue weighted by molar-refractivity contribution is 6.02. The zero-order chi connectivity index (χ0) is 37.6.